The van der Waals surface area contributed by atoms with Gasteiger partial charge in [-0.2, -0.15) is 0 Å². The molecule has 0 amide bonds. The van der Waals surface area contributed by atoms with E-state index in [0.29, 0.717) is 12.1 Å². The van der Waals surface area contributed by atoms with Crippen molar-refractivity contribution in [1.82, 2.24) is 10.3 Å². The molecule has 1 heterocycles. The monoisotopic (exact) mass is 300 g/mol. The number of halogens is 3. The van der Waals surface area contributed by atoms with E-state index in [0.717, 1.165) is 30.0 Å². The highest BCUT2D eigenvalue weighted by atomic mass is 32.1. The highest BCUT2D eigenvalue weighted by Crippen LogP contribution is 2.31. The average Bonchev–Trinajstić information content (AvgIpc) is 2.84. The van der Waals surface area contributed by atoms with Crippen molar-refractivity contribution in [3.05, 3.63) is 40.7 Å². The maximum Gasteiger partial charge on any atom is 0.139 e. The molecule has 2 aromatic rings. The van der Waals surface area contributed by atoms with Crippen LogP contribution in [0.3, 0.4) is 0 Å². The summed E-state index contributed by atoms with van der Waals surface area (Å²) in [5.74, 6) is -2.80. The summed E-state index contributed by atoms with van der Waals surface area (Å²) in [5, 5.41) is 5.23. The summed E-state index contributed by atoms with van der Waals surface area (Å²) < 4.78 is 40.3. The zero-order chi connectivity index (χ0) is 14.7. The van der Waals surface area contributed by atoms with Gasteiger partial charge in [-0.1, -0.05) is 6.92 Å². The van der Waals surface area contributed by atoms with Gasteiger partial charge in [0.1, 0.15) is 22.5 Å². The van der Waals surface area contributed by atoms with Crippen molar-refractivity contribution in [1.29, 1.82) is 0 Å². The Bertz CT molecular complexity index is 575. The lowest BCUT2D eigenvalue weighted by atomic mass is 10.2. The number of hydrogen-bond donors (Lipinski definition) is 1. The Labute approximate surface area is 119 Å². The van der Waals surface area contributed by atoms with Gasteiger partial charge in [0, 0.05) is 23.6 Å². The molecule has 0 saturated carbocycles. The molecule has 2 nitrogen and oxygen atoms in total. The highest BCUT2D eigenvalue weighted by Gasteiger charge is 2.18. The van der Waals surface area contributed by atoms with Gasteiger partial charge in [-0.15, -0.1) is 11.3 Å². The van der Waals surface area contributed by atoms with Gasteiger partial charge in [0.25, 0.3) is 0 Å². The normalized spacial score (nSPS) is 12.7. The summed E-state index contributed by atoms with van der Waals surface area (Å²) in [5.41, 5.74) is 0.451. The Morgan fingerprint density at radius 2 is 1.90 bits per heavy atom. The average molecular weight is 300 g/mol. The molecular formula is C14H15F3N2S. The molecule has 0 radical (unpaired) electrons. The molecule has 1 aromatic carbocycles. The number of rotatable bonds is 5. The Morgan fingerprint density at radius 1 is 1.25 bits per heavy atom. The summed E-state index contributed by atoms with van der Waals surface area (Å²) in [4.78, 5) is 4.24. The van der Waals surface area contributed by atoms with Gasteiger partial charge in [-0.05, 0) is 19.9 Å². The zero-order valence-corrected chi connectivity index (χ0v) is 12.0. The van der Waals surface area contributed by atoms with E-state index in [2.05, 4.69) is 17.2 Å². The van der Waals surface area contributed by atoms with E-state index in [1.54, 1.807) is 5.38 Å². The summed E-state index contributed by atoms with van der Waals surface area (Å²) in [6.07, 6.45) is 0.989. The topological polar surface area (TPSA) is 24.9 Å². The summed E-state index contributed by atoms with van der Waals surface area (Å²) in [6, 6.07) is 1.34. The van der Waals surface area contributed by atoms with Gasteiger partial charge in [0.2, 0.25) is 0 Å². The van der Waals surface area contributed by atoms with Crippen molar-refractivity contribution in [2.24, 2.45) is 0 Å². The smallest absolute Gasteiger partial charge is 0.139 e. The molecule has 0 aliphatic heterocycles. The predicted molar refractivity (Wildman–Crippen MR) is 74.1 cm³/mol. The van der Waals surface area contributed by atoms with E-state index in [9.17, 15) is 13.2 Å². The van der Waals surface area contributed by atoms with Gasteiger partial charge in [-0.3, -0.25) is 0 Å². The zero-order valence-electron chi connectivity index (χ0n) is 11.2. The second-order valence-corrected chi connectivity index (χ2v) is 5.36. The second kappa shape index (κ2) is 6.37. The van der Waals surface area contributed by atoms with E-state index in [4.69, 9.17) is 0 Å². The van der Waals surface area contributed by atoms with E-state index < -0.39 is 17.5 Å². The predicted octanol–water partition coefficient (Wildman–Crippen LogP) is 4.29. The fourth-order valence-corrected chi connectivity index (χ4v) is 2.77. The van der Waals surface area contributed by atoms with Gasteiger partial charge >= 0.3 is 0 Å². The van der Waals surface area contributed by atoms with Gasteiger partial charge in [0.05, 0.1) is 11.3 Å². The van der Waals surface area contributed by atoms with Crippen LogP contribution in [0.2, 0.25) is 0 Å². The molecule has 1 atom stereocenters. The second-order valence-electron chi connectivity index (χ2n) is 4.50. The van der Waals surface area contributed by atoms with E-state index in [-0.39, 0.29) is 16.6 Å². The fraction of sp³-hybridized carbons (Fsp3) is 0.357. The number of hydrogen-bond acceptors (Lipinski definition) is 3. The summed E-state index contributed by atoms with van der Waals surface area (Å²) in [7, 11) is 0. The van der Waals surface area contributed by atoms with Crippen molar-refractivity contribution in [3.63, 3.8) is 0 Å². The van der Waals surface area contributed by atoms with E-state index in [1.165, 1.54) is 0 Å². The number of nitrogens with one attached hydrogen (secondary N) is 1. The van der Waals surface area contributed by atoms with Crippen LogP contribution in [0.25, 0.3) is 10.6 Å². The molecule has 1 unspecified atom stereocenters. The van der Waals surface area contributed by atoms with Crippen LogP contribution < -0.4 is 5.32 Å². The third-order valence-electron chi connectivity index (χ3n) is 2.89. The molecule has 20 heavy (non-hydrogen) atoms. The first-order valence-electron chi connectivity index (χ1n) is 6.36. The van der Waals surface area contributed by atoms with Crippen molar-refractivity contribution in [2.75, 3.05) is 6.54 Å². The van der Waals surface area contributed by atoms with Crippen LogP contribution in [0.1, 0.15) is 32.0 Å². The first kappa shape index (κ1) is 15.0. The first-order chi connectivity index (χ1) is 9.52. The molecule has 0 aliphatic carbocycles. The van der Waals surface area contributed by atoms with Crippen molar-refractivity contribution < 1.29 is 13.2 Å². The van der Waals surface area contributed by atoms with E-state index in [1.807, 2.05) is 6.92 Å². The number of benzene rings is 1. The van der Waals surface area contributed by atoms with Crippen LogP contribution in [-0.2, 0) is 0 Å². The lowest BCUT2D eigenvalue weighted by Crippen LogP contribution is -2.19. The standard InChI is InChI=1S/C14H15F3N2S/c1-3-4-18-8(2)12-7-20-14(19-12)13-10(16)5-9(15)6-11(13)17/h5-8,18H,3-4H2,1-2H3. The number of nitrogens with zero attached hydrogens (tertiary/aromatic N) is 1. The van der Waals surface area contributed by atoms with Crippen LogP contribution >= 0.6 is 11.3 Å². The van der Waals surface area contributed by atoms with Gasteiger partial charge in [0.15, 0.2) is 0 Å². The largest absolute Gasteiger partial charge is 0.309 e. The van der Waals surface area contributed by atoms with Crippen molar-refractivity contribution in [3.8, 4) is 10.6 Å². The van der Waals surface area contributed by atoms with E-state index >= 15 is 0 Å². The Hall–Kier alpha value is -1.40. The quantitative estimate of drug-likeness (QED) is 0.891. The van der Waals surface area contributed by atoms with Gasteiger partial charge in [-0.25, -0.2) is 18.2 Å². The molecule has 0 aliphatic rings. The van der Waals surface area contributed by atoms with Gasteiger partial charge < -0.3 is 5.32 Å². The summed E-state index contributed by atoms with van der Waals surface area (Å²) >= 11 is 1.15. The highest BCUT2D eigenvalue weighted by molar-refractivity contribution is 7.13. The minimum Gasteiger partial charge on any atom is -0.309 e. The lowest BCUT2D eigenvalue weighted by molar-refractivity contribution is 0.546. The third-order valence-corrected chi connectivity index (χ3v) is 3.76. The molecule has 0 fully saturated rings. The van der Waals surface area contributed by atoms with Crippen molar-refractivity contribution in [2.45, 2.75) is 26.3 Å². The molecule has 6 heteroatoms. The summed E-state index contributed by atoms with van der Waals surface area (Å²) in [6.45, 7) is 4.83. The molecule has 1 N–H and O–H groups in total. The molecule has 2 rings (SSSR count). The van der Waals surface area contributed by atoms with Crippen LogP contribution in [0.4, 0.5) is 13.2 Å². The molecule has 108 valence electrons. The SMILES string of the molecule is CCCNC(C)c1csc(-c2c(F)cc(F)cc2F)n1. The molecule has 0 spiro atoms. The Morgan fingerprint density at radius 3 is 2.50 bits per heavy atom. The Kier molecular flexibility index (Phi) is 4.77. The van der Waals surface area contributed by atoms with Crippen molar-refractivity contribution >= 4 is 11.3 Å². The molecule has 0 bridgehead atoms. The Balaban J connectivity index is 2.29. The maximum atomic E-state index is 13.7. The van der Waals surface area contributed by atoms with Crippen LogP contribution in [-0.4, -0.2) is 11.5 Å². The molecule has 0 saturated heterocycles. The first-order valence-corrected chi connectivity index (χ1v) is 7.24. The van der Waals surface area contributed by atoms with Crippen LogP contribution in [0.15, 0.2) is 17.5 Å². The number of thiazole rings is 1. The van der Waals surface area contributed by atoms with Crippen LogP contribution in [0.5, 0.6) is 0 Å². The molecule has 1 aromatic heterocycles. The minimum atomic E-state index is -0.933. The molecular weight excluding hydrogens is 285 g/mol. The maximum absolute atomic E-state index is 13.7. The minimum absolute atomic E-state index is 0.00604. The number of aromatic nitrogens is 1. The third kappa shape index (κ3) is 3.19. The lowest BCUT2D eigenvalue weighted by Gasteiger charge is -2.09. The fourth-order valence-electron chi connectivity index (χ4n) is 1.81. The van der Waals surface area contributed by atoms with Crippen LogP contribution in [0, 0.1) is 17.5 Å².